The molecule has 2 heteroatoms. The van der Waals surface area contributed by atoms with E-state index in [-0.39, 0.29) is 0 Å². The monoisotopic (exact) mass is 175 g/mol. The van der Waals surface area contributed by atoms with Gasteiger partial charge < -0.3 is 0 Å². The van der Waals surface area contributed by atoms with Crippen LogP contribution in [-0.2, 0) is 0 Å². The molecule has 0 spiro atoms. The van der Waals surface area contributed by atoms with Gasteiger partial charge in [-0.05, 0) is 25.8 Å². The van der Waals surface area contributed by atoms with E-state index >= 15 is 0 Å². The van der Waals surface area contributed by atoms with Crippen LogP contribution in [0.1, 0.15) is 32.6 Å². The molecule has 1 atom stereocenters. The third kappa shape index (κ3) is 2.64. The molecule has 1 heterocycles. The van der Waals surface area contributed by atoms with Crippen molar-refractivity contribution >= 4 is 11.6 Å². The van der Waals surface area contributed by atoms with Crippen LogP contribution in [0.3, 0.4) is 0 Å². The minimum atomic E-state index is 0.792. The number of rotatable bonds is 4. The largest absolute Gasteiger partial charge is 0.299 e. The second-order valence-corrected chi connectivity index (χ2v) is 3.69. The van der Waals surface area contributed by atoms with Crippen LogP contribution in [-0.4, -0.2) is 29.9 Å². The molecule has 0 aliphatic carbocycles. The van der Waals surface area contributed by atoms with Crippen LogP contribution in [0, 0.1) is 0 Å². The summed E-state index contributed by atoms with van der Waals surface area (Å²) in [5, 5.41) is 0. The third-order valence-corrected chi connectivity index (χ3v) is 2.66. The van der Waals surface area contributed by atoms with Gasteiger partial charge in [0.25, 0.3) is 0 Å². The molecule has 1 unspecified atom stereocenters. The van der Waals surface area contributed by atoms with E-state index < -0.39 is 0 Å². The van der Waals surface area contributed by atoms with Gasteiger partial charge in [-0.2, -0.15) is 0 Å². The van der Waals surface area contributed by atoms with E-state index in [4.69, 9.17) is 11.6 Å². The first kappa shape index (κ1) is 9.34. The average Bonchev–Trinajstić information content (AvgIpc) is 2.39. The zero-order valence-electron chi connectivity index (χ0n) is 7.35. The Morgan fingerprint density at radius 3 is 3.00 bits per heavy atom. The van der Waals surface area contributed by atoms with E-state index in [9.17, 15) is 0 Å². The summed E-state index contributed by atoms with van der Waals surface area (Å²) in [5.74, 6) is 0.792. The van der Waals surface area contributed by atoms with Gasteiger partial charge in [-0.3, -0.25) is 4.90 Å². The van der Waals surface area contributed by atoms with E-state index in [1.807, 2.05) is 0 Å². The number of halogens is 1. The van der Waals surface area contributed by atoms with Gasteiger partial charge in [0.05, 0.1) is 0 Å². The molecule has 66 valence electrons. The van der Waals surface area contributed by atoms with Crippen molar-refractivity contribution < 1.29 is 0 Å². The maximum absolute atomic E-state index is 5.71. The summed E-state index contributed by atoms with van der Waals surface area (Å²) in [6, 6.07) is 0.846. The highest BCUT2D eigenvalue weighted by Crippen LogP contribution is 2.20. The molecule has 0 aromatic rings. The molecule has 0 aromatic heterocycles. The van der Waals surface area contributed by atoms with Gasteiger partial charge in [0, 0.05) is 18.5 Å². The first-order valence-electron chi connectivity index (χ1n) is 4.68. The molecule has 0 amide bonds. The lowest BCUT2D eigenvalue weighted by molar-refractivity contribution is 0.256. The lowest BCUT2D eigenvalue weighted by atomic mass is 10.1. The average molecular weight is 176 g/mol. The molecule has 1 rings (SSSR count). The van der Waals surface area contributed by atoms with Gasteiger partial charge in [-0.1, -0.05) is 13.3 Å². The number of hydrogen-bond acceptors (Lipinski definition) is 1. The van der Waals surface area contributed by atoms with Crippen LogP contribution in [0.5, 0.6) is 0 Å². The van der Waals surface area contributed by atoms with Crippen molar-refractivity contribution in [3.8, 4) is 0 Å². The molecule has 0 saturated carbocycles. The van der Waals surface area contributed by atoms with Gasteiger partial charge in [0.2, 0.25) is 0 Å². The fourth-order valence-corrected chi connectivity index (χ4v) is 2.18. The Bertz CT molecular complexity index is 93.7. The van der Waals surface area contributed by atoms with Crippen LogP contribution in [0.4, 0.5) is 0 Å². The topological polar surface area (TPSA) is 3.24 Å². The van der Waals surface area contributed by atoms with E-state index in [0.29, 0.717) is 0 Å². The summed E-state index contributed by atoms with van der Waals surface area (Å²) in [6.07, 6.45) is 5.44. The predicted octanol–water partition coefficient (Wildman–Crippen LogP) is 2.49. The fraction of sp³-hybridized carbons (Fsp3) is 1.00. The molecule has 0 bridgehead atoms. The van der Waals surface area contributed by atoms with Crippen LogP contribution in [0.15, 0.2) is 0 Å². The van der Waals surface area contributed by atoms with Crippen molar-refractivity contribution in [2.45, 2.75) is 38.6 Å². The van der Waals surface area contributed by atoms with Crippen LogP contribution in [0.25, 0.3) is 0 Å². The van der Waals surface area contributed by atoms with Gasteiger partial charge in [0.15, 0.2) is 0 Å². The molecule has 0 radical (unpaired) electrons. The van der Waals surface area contributed by atoms with Crippen LogP contribution >= 0.6 is 11.6 Å². The van der Waals surface area contributed by atoms with Crippen molar-refractivity contribution in [1.29, 1.82) is 0 Å². The Morgan fingerprint density at radius 1 is 1.55 bits per heavy atom. The lowest BCUT2D eigenvalue weighted by Gasteiger charge is -2.22. The van der Waals surface area contributed by atoms with Gasteiger partial charge >= 0.3 is 0 Å². The second-order valence-electron chi connectivity index (χ2n) is 3.31. The highest BCUT2D eigenvalue weighted by atomic mass is 35.5. The van der Waals surface area contributed by atoms with E-state index in [1.54, 1.807) is 0 Å². The Kier molecular flexibility index (Phi) is 4.24. The number of alkyl halides is 1. The van der Waals surface area contributed by atoms with Crippen molar-refractivity contribution in [2.24, 2.45) is 0 Å². The second kappa shape index (κ2) is 5.00. The molecule has 0 N–H and O–H groups in total. The van der Waals surface area contributed by atoms with Crippen LogP contribution in [0.2, 0.25) is 0 Å². The third-order valence-electron chi connectivity index (χ3n) is 2.49. The predicted molar refractivity (Wildman–Crippen MR) is 50.2 cm³/mol. The maximum Gasteiger partial charge on any atom is 0.0351 e. The summed E-state index contributed by atoms with van der Waals surface area (Å²) in [5.41, 5.74) is 0. The van der Waals surface area contributed by atoms with E-state index in [0.717, 1.165) is 18.5 Å². The summed E-state index contributed by atoms with van der Waals surface area (Å²) in [6.45, 7) is 4.63. The highest BCUT2D eigenvalue weighted by molar-refractivity contribution is 6.18. The van der Waals surface area contributed by atoms with Gasteiger partial charge in [-0.25, -0.2) is 0 Å². The normalized spacial score (nSPS) is 26.2. The molecular formula is C9H18ClN. The fourth-order valence-electron chi connectivity index (χ4n) is 1.96. The number of hydrogen-bond donors (Lipinski definition) is 0. The van der Waals surface area contributed by atoms with Crippen LogP contribution < -0.4 is 0 Å². The maximum atomic E-state index is 5.71. The molecule has 1 aliphatic rings. The number of nitrogens with zero attached hydrogens (tertiary/aromatic N) is 1. The first-order chi connectivity index (χ1) is 5.38. The smallest absolute Gasteiger partial charge is 0.0351 e. The summed E-state index contributed by atoms with van der Waals surface area (Å²) in [7, 11) is 0. The number of likely N-dealkylation sites (tertiary alicyclic amines) is 1. The van der Waals surface area contributed by atoms with E-state index in [2.05, 4.69) is 11.8 Å². The Morgan fingerprint density at radius 2 is 2.36 bits per heavy atom. The van der Waals surface area contributed by atoms with Crippen molar-refractivity contribution in [1.82, 2.24) is 4.90 Å². The minimum absolute atomic E-state index is 0.792. The molecule has 11 heavy (non-hydrogen) atoms. The highest BCUT2D eigenvalue weighted by Gasteiger charge is 2.22. The van der Waals surface area contributed by atoms with E-state index in [1.165, 1.54) is 32.2 Å². The molecular weight excluding hydrogens is 158 g/mol. The molecule has 1 nitrogen and oxygen atoms in total. The Hall–Kier alpha value is 0.250. The standard InChI is InChI=1S/C9H18ClN/c1-2-4-9-5-3-7-11(9)8-6-10/h9H,2-8H2,1H3. The summed E-state index contributed by atoms with van der Waals surface area (Å²) >= 11 is 5.71. The minimum Gasteiger partial charge on any atom is -0.299 e. The quantitative estimate of drug-likeness (QED) is 0.594. The first-order valence-corrected chi connectivity index (χ1v) is 5.22. The SMILES string of the molecule is CCCC1CCCN1CCCl. The molecule has 1 fully saturated rings. The molecule has 1 saturated heterocycles. The zero-order valence-corrected chi connectivity index (χ0v) is 8.11. The molecule has 1 aliphatic heterocycles. The lowest BCUT2D eigenvalue weighted by Crippen LogP contribution is -2.30. The summed E-state index contributed by atoms with van der Waals surface area (Å²) in [4.78, 5) is 2.54. The Labute approximate surface area is 74.7 Å². The van der Waals surface area contributed by atoms with Gasteiger partial charge in [-0.15, -0.1) is 11.6 Å². The van der Waals surface area contributed by atoms with Crippen molar-refractivity contribution in [3.63, 3.8) is 0 Å². The van der Waals surface area contributed by atoms with Gasteiger partial charge in [0.1, 0.15) is 0 Å². The van der Waals surface area contributed by atoms with Crippen molar-refractivity contribution in [2.75, 3.05) is 19.0 Å². The Balaban J connectivity index is 2.25. The molecule has 0 aromatic carbocycles. The van der Waals surface area contributed by atoms with Crippen molar-refractivity contribution in [3.05, 3.63) is 0 Å². The zero-order chi connectivity index (χ0) is 8.10. The summed E-state index contributed by atoms with van der Waals surface area (Å²) < 4.78 is 0.